The summed E-state index contributed by atoms with van der Waals surface area (Å²) in [5.74, 6) is 2.91. The normalized spacial score (nSPS) is 17.8. The van der Waals surface area contributed by atoms with Crippen LogP contribution in [0.25, 0.3) is 0 Å². The Balaban J connectivity index is 1.90. The molecule has 1 aromatic rings. The van der Waals surface area contributed by atoms with Crippen LogP contribution in [0.1, 0.15) is 38.2 Å². The van der Waals surface area contributed by atoms with Crippen molar-refractivity contribution in [1.29, 1.82) is 0 Å². The summed E-state index contributed by atoms with van der Waals surface area (Å²) in [6, 6.07) is 9.03. The number of thiol groups is 1. The van der Waals surface area contributed by atoms with E-state index < -0.39 is 0 Å². The summed E-state index contributed by atoms with van der Waals surface area (Å²) in [5.41, 5.74) is 1.99. The van der Waals surface area contributed by atoms with Crippen LogP contribution in [0.5, 0.6) is 0 Å². The van der Waals surface area contributed by atoms with Gasteiger partial charge in [-0.2, -0.15) is 12.6 Å². The highest BCUT2D eigenvalue weighted by Gasteiger charge is 2.40. The summed E-state index contributed by atoms with van der Waals surface area (Å²) in [6.45, 7) is 4.48. The van der Waals surface area contributed by atoms with Gasteiger partial charge in [-0.1, -0.05) is 26.0 Å². The molecule has 0 unspecified atom stereocenters. The second kappa shape index (κ2) is 5.05. The van der Waals surface area contributed by atoms with Gasteiger partial charge in [-0.25, -0.2) is 0 Å². The van der Waals surface area contributed by atoms with Gasteiger partial charge in [-0.3, -0.25) is 0 Å². The summed E-state index contributed by atoms with van der Waals surface area (Å²) >= 11 is 6.43. The molecule has 0 saturated heterocycles. The van der Waals surface area contributed by atoms with E-state index in [9.17, 15) is 0 Å². The number of hydrogen-bond acceptors (Lipinski definition) is 2. The molecule has 0 aliphatic heterocycles. The second-order valence-electron chi connectivity index (χ2n) is 5.17. The minimum atomic E-state index is 0.560. The Kier molecular flexibility index (Phi) is 3.91. The summed E-state index contributed by atoms with van der Waals surface area (Å²) < 4.78 is 0. The summed E-state index contributed by atoms with van der Waals surface area (Å²) in [7, 11) is 0. The van der Waals surface area contributed by atoms with Crippen LogP contribution < -0.4 is 0 Å². The molecule has 0 bridgehead atoms. The minimum absolute atomic E-state index is 0.560. The maximum atomic E-state index is 4.44. The van der Waals surface area contributed by atoms with E-state index in [1.54, 1.807) is 0 Å². The van der Waals surface area contributed by atoms with Gasteiger partial charge in [0, 0.05) is 10.6 Å². The monoisotopic (exact) mass is 252 g/mol. The van der Waals surface area contributed by atoms with E-state index in [0.29, 0.717) is 11.3 Å². The van der Waals surface area contributed by atoms with Gasteiger partial charge in [0.1, 0.15) is 0 Å². The topological polar surface area (TPSA) is 0 Å². The standard InChI is InChI=1S/C14H20S2/c1-11(2)12-3-5-13(6-4-12)16-10-14(9-15)7-8-14/h3-6,11,15H,7-10H2,1-2H3. The van der Waals surface area contributed by atoms with Crippen LogP contribution in [0.4, 0.5) is 0 Å². The molecule has 1 aliphatic rings. The molecule has 1 aromatic carbocycles. The number of hydrogen-bond donors (Lipinski definition) is 1. The molecule has 1 aliphatic carbocycles. The van der Waals surface area contributed by atoms with Crippen LogP contribution >= 0.6 is 24.4 Å². The first kappa shape index (κ1) is 12.4. The SMILES string of the molecule is CC(C)c1ccc(SCC2(CS)CC2)cc1. The zero-order chi connectivity index (χ0) is 11.6. The smallest absolute Gasteiger partial charge is 0.00723 e. The van der Waals surface area contributed by atoms with Crippen molar-refractivity contribution in [1.82, 2.24) is 0 Å². The summed E-state index contributed by atoms with van der Waals surface area (Å²) in [6.07, 6.45) is 2.74. The maximum absolute atomic E-state index is 4.44. The molecule has 0 aromatic heterocycles. The lowest BCUT2D eigenvalue weighted by Gasteiger charge is -2.11. The average molecular weight is 252 g/mol. The highest BCUT2D eigenvalue weighted by molar-refractivity contribution is 7.99. The van der Waals surface area contributed by atoms with Crippen molar-refractivity contribution in [2.45, 2.75) is 37.5 Å². The molecule has 0 heterocycles. The van der Waals surface area contributed by atoms with E-state index in [-0.39, 0.29) is 0 Å². The lowest BCUT2D eigenvalue weighted by atomic mass is 10.0. The quantitative estimate of drug-likeness (QED) is 0.590. The second-order valence-corrected chi connectivity index (χ2v) is 6.54. The summed E-state index contributed by atoms with van der Waals surface area (Å²) in [5, 5.41) is 0. The van der Waals surface area contributed by atoms with Gasteiger partial charge in [-0.05, 0) is 47.6 Å². The first-order chi connectivity index (χ1) is 7.65. The van der Waals surface area contributed by atoms with Crippen LogP contribution in [0.15, 0.2) is 29.2 Å². The third-order valence-electron chi connectivity index (χ3n) is 3.38. The molecule has 0 nitrogen and oxygen atoms in total. The van der Waals surface area contributed by atoms with Gasteiger partial charge in [0.05, 0.1) is 0 Å². The van der Waals surface area contributed by atoms with E-state index in [1.807, 2.05) is 11.8 Å². The molecule has 0 radical (unpaired) electrons. The van der Waals surface area contributed by atoms with Crippen LogP contribution in [0.3, 0.4) is 0 Å². The third kappa shape index (κ3) is 2.98. The van der Waals surface area contributed by atoms with Crippen molar-refractivity contribution in [3.63, 3.8) is 0 Å². The van der Waals surface area contributed by atoms with Crippen molar-refractivity contribution in [2.75, 3.05) is 11.5 Å². The van der Waals surface area contributed by atoms with Crippen molar-refractivity contribution >= 4 is 24.4 Å². The predicted molar refractivity (Wildman–Crippen MR) is 76.8 cm³/mol. The minimum Gasteiger partial charge on any atom is -0.179 e. The van der Waals surface area contributed by atoms with Gasteiger partial charge < -0.3 is 0 Å². The fourth-order valence-corrected chi connectivity index (χ4v) is 3.48. The fraction of sp³-hybridized carbons (Fsp3) is 0.571. The van der Waals surface area contributed by atoms with Crippen molar-refractivity contribution in [3.05, 3.63) is 29.8 Å². The fourth-order valence-electron chi connectivity index (χ4n) is 1.71. The van der Waals surface area contributed by atoms with Gasteiger partial charge in [0.25, 0.3) is 0 Å². The van der Waals surface area contributed by atoms with E-state index in [0.717, 1.165) is 5.75 Å². The van der Waals surface area contributed by atoms with Gasteiger partial charge >= 0.3 is 0 Å². The van der Waals surface area contributed by atoms with Gasteiger partial charge in [0.2, 0.25) is 0 Å². The Morgan fingerprint density at radius 1 is 1.25 bits per heavy atom. The van der Waals surface area contributed by atoms with E-state index in [4.69, 9.17) is 0 Å². The lowest BCUT2D eigenvalue weighted by Crippen LogP contribution is -2.05. The van der Waals surface area contributed by atoms with E-state index in [2.05, 4.69) is 50.7 Å². The molecule has 0 spiro atoms. The lowest BCUT2D eigenvalue weighted by molar-refractivity contribution is 0.683. The van der Waals surface area contributed by atoms with Crippen LogP contribution in [0.2, 0.25) is 0 Å². The molecule has 2 rings (SSSR count). The highest BCUT2D eigenvalue weighted by Crippen LogP contribution is 2.49. The third-order valence-corrected chi connectivity index (χ3v) is 5.42. The first-order valence-corrected chi connectivity index (χ1v) is 7.61. The Hall–Kier alpha value is -0.0800. The van der Waals surface area contributed by atoms with Gasteiger partial charge in [0.15, 0.2) is 0 Å². The molecule has 0 amide bonds. The molecule has 0 N–H and O–H groups in total. The largest absolute Gasteiger partial charge is 0.179 e. The Morgan fingerprint density at radius 2 is 1.88 bits per heavy atom. The Labute approximate surface area is 109 Å². The number of rotatable bonds is 5. The molecular weight excluding hydrogens is 232 g/mol. The summed E-state index contributed by atoms with van der Waals surface area (Å²) in [4.78, 5) is 1.40. The molecule has 88 valence electrons. The van der Waals surface area contributed by atoms with Crippen molar-refractivity contribution in [3.8, 4) is 0 Å². The van der Waals surface area contributed by atoms with Gasteiger partial charge in [-0.15, -0.1) is 11.8 Å². The van der Waals surface area contributed by atoms with Crippen LogP contribution in [0, 0.1) is 5.41 Å². The predicted octanol–water partition coefficient (Wildman–Crippen LogP) is 4.61. The number of benzene rings is 1. The van der Waals surface area contributed by atoms with Crippen LogP contribution in [-0.4, -0.2) is 11.5 Å². The van der Waals surface area contributed by atoms with Crippen molar-refractivity contribution in [2.24, 2.45) is 5.41 Å². The Bertz CT molecular complexity index is 336. The molecule has 2 heteroatoms. The highest BCUT2D eigenvalue weighted by atomic mass is 32.2. The van der Waals surface area contributed by atoms with E-state index in [1.165, 1.54) is 29.1 Å². The Morgan fingerprint density at radius 3 is 2.31 bits per heavy atom. The molecule has 1 fully saturated rings. The van der Waals surface area contributed by atoms with E-state index >= 15 is 0 Å². The molecule has 0 atom stereocenters. The molecule has 16 heavy (non-hydrogen) atoms. The number of thioether (sulfide) groups is 1. The maximum Gasteiger partial charge on any atom is 0.00723 e. The zero-order valence-corrected chi connectivity index (χ0v) is 11.8. The first-order valence-electron chi connectivity index (χ1n) is 5.99. The van der Waals surface area contributed by atoms with Crippen LogP contribution in [-0.2, 0) is 0 Å². The average Bonchev–Trinajstić information content (AvgIpc) is 3.08. The molecule has 1 saturated carbocycles. The van der Waals surface area contributed by atoms with Crippen molar-refractivity contribution < 1.29 is 0 Å². The zero-order valence-electron chi connectivity index (χ0n) is 10.1. The molecular formula is C14H20S2.